The molecule has 1 amide bonds. The van der Waals surface area contributed by atoms with E-state index in [1.54, 1.807) is 30.3 Å². The van der Waals surface area contributed by atoms with Crippen molar-refractivity contribution in [2.24, 2.45) is 0 Å². The van der Waals surface area contributed by atoms with E-state index in [4.69, 9.17) is 9.47 Å². The van der Waals surface area contributed by atoms with Crippen LogP contribution in [0.2, 0.25) is 0 Å². The number of hydrogen-bond donors (Lipinski definition) is 2. The maximum absolute atomic E-state index is 12.9. The molecule has 8 nitrogen and oxygen atoms in total. The van der Waals surface area contributed by atoms with Crippen LogP contribution in [-0.4, -0.2) is 29.7 Å². The monoisotopic (exact) mass is 395 g/mol. The number of aromatic nitrogens is 2. The first kappa shape index (κ1) is 19.9. The van der Waals surface area contributed by atoms with Crippen molar-refractivity contribution in [2.45, 2.75) is 13.8 Å². The number of carbonyl (C=O) groups excluding carboxylic acids is 1. The van der Waals surface area contributed by atoms with E-state index in [0.29, 0.717) is 22.9 Å². The summed E-state index contributed by atoms with van der Waals surface area (Å²) in [6, 6.07) is 10.1. The Labute approximate surface area is 166 Å². The highest BCUT2D eigenvalue weighted by molar-refractivity contribution is 6.04. The Morgan fingerprint density at radius 1 is 1.00 bits per heavy atom. The Balaban J connectivity index is 2.04. The highest BCUT2D eigenvalue weighted by Gasteiger charge is 2.18. The molecule has 0 saturated heterocycles. The molecule has 0 fully saturated rings. The Morgan fingerprint density at radius 3 is 2.41 bits per heavy atom. The predicted molar refractivity (Wildman–Crippen MR) is 110 cm³/mol. The van der Waals surface area contributed by atoms with Crippen LogP contribution < -0.4 is 26.0 Å². The molecule has 1 aromatic heterocycles. The van der Waals surface area contributed by atoms with E-state index in [-0.39, 0.29) is 5.56 Å². The maximum atomic E-state index is 12.9. The second-order valence-corrected chi connectivity index (χ2v) is 6.44. The quantitative estimate of drug-likeness (QED) is 0.691. The number of hydrogen-bond acceptors (Lipinski definition) is 5. The zero-order valence-electron chi connectivity index (χ0n) is 16.5. The first-order valence-corrected chi connectivity index (χ1v) is 8.81. The van der Waals surface area contributed by atoms with Crippen molar-refractivity contribution in [1.29, 1.82) is 0 Å². The molecular formula is C21H21N3O5. The zero-order chi connectivity index (χ0) is 21.1. The molecule has 29 heavy (non-hydrogen) atoms. The van der Waals surface area contributed by atoms with Crippen LogP contribution in [0.4, 0.5) is 5.69 Å². The summed E-state index contributed by atoms with van der Waals surface area (Å²) < 4.78 is 11.3. The number of rotatable bonds is 5. The highest BCUT2D eigenvalue weighted by Crippen LogP contribution is 2.29. The van der Waals surface area contributed by atoms with Gasteiger partial charge in [0.1, 0.15) is 17.1 Å². The molecule has 3 rings (SSSR count). The van der Waals surface area contributed by atoms with Gasteiger partial charge in [0, 0.05) is 12.3 Å². The van der Waals surface area contributed by atoms with Crippen LogP contribution in [0.1, 0.15) is 21.5 Å². The molecule has 3 aromatic rings. The van der Waals surface area contributed by atoms with Gasteiger partial charge in [-0.3, -0.25) is 9.59 Å². The third-order valence-electron chi connectivity index (χ3n) is 4.62. The van der Waals surface area contributed by atoms with Crippen molar-refractivity contribution in [3.05, 3.63) is 80.1 Å². The van der Waals surface area contributed by atoms with E-state index >= 15 is 0 Å². The van der Waals surface area contributed by atoms with Gasteiger partial charge in [-0.05, 0) is 49.2 Å². The van der Waals surface area contributed by atoms with Crippen LogP contribution in [0.25, 0.3) is 5.69 Å². The van der Waals surface area contributed by atoms with Gasteiger partial charge in [-0.25, -0.2) is 9.36 Å². The number of ether oxygens (including phenoxy) is 2. The summed E-state index contributed by atoms with van der Waals surface area (Å²) >= 11 is 0. The number of anilines is 1. The van der Waals surface area contributed by atoms with E-state index in [1.807, 2.05) is 19.9 Å². The van der Waals surface area contributed by atoms with Gasteiger partial charge < -0.3 is 19.8 Å². The molecule has 0 spiro atoms. The number of methoxy groups -OCH3 is 2. The molecule has 1 heterocycles. The summed E-state index contributed by atoms with van der Waals surface area (Å²) in [5.41, 5.74) is 1.09. The molecule has 0 radical (unpaired) electrons. The minimum absolute atomic E-state index is 0.215. The lowest BCUT2D eigenvalue weighted by atomic mass is 10.1. The minimum atomic E-state index is -0.726. The van der Waals surface area contributed by atoms with Crippen LogP contribution >= 0.6 is 0 Å². The fourth-order valence-electron chi connectivity index (χ4n) is 2.84. The molecular weight excluding hydrogens is 374 g/mol. The molecule has 0 bridgehead atoms. The molecule has 0 aliphatic heterocycles. The second-order valence-electron chi connectivity index (χ2n) is 6.44. The number of carbonyl (C=O) groups is 1. The largest absolute Gasteiger partial charge is 0.497 e. The number of aryl methyl sites for hydroxylation is 2. The summed E-state index contributed by atoms with van der Waals surface area (Å²) in [6.45, 7) is 3.81. The van der Waals surface area contributed by atoms with Crippen molar-refractivity contribution in [3.63, 3.8) is 0 Å². The average molecular weight is 395 g/mol. The first-order valence-electron chi connectivity index (χ1n) is 8.81. The van der Waals surface area contributed by atoms with Crippen LogP contribution in [0, 0.1) is 13.8 Å². The van der Waals surface area contributed by atoms with E-state index in [9.17, 15) is 14.4 Å². The van der Waals surface area contributed by atoms with Gasteiger partial charge in [0.15, 0.2) is 0 Å². The van der Waals surface area contributed by atoms with E-state index < -0.39 is 17.2 Å². The number of nitrogens with zero attached hydrogens (tertiary/aromatic N) is 1. The van der Waals surface area contributed by atoms with E-state index in [2.05, 4.69) is 10.3 Å². The van der Waals surface area contributed by atoms with Gasteiger partial charge in [-0.2, -0.15) is 0 Å². The smallest absolute Gasteiger partial charge is 0.333 e. The number of H-pyrrole nitrogens is 1. The number of nitrogens with one attached hydrogen (secondary N) is 2. The highest BCUT2D eigenvalue weighted by atomic mass is 16.5. The first-order chi connectivity index (χ1) is 13.8. The van der Waals surface area contributed by atoms with Crippen molar-refractivity contribution in [3.8, 4) is 17.2 Å². The Hall–Kier alpha value is -3.81. The van der Waals surface area contributed by atoms with Crippen molar-refractivity contribution in [2.75, 3.05) is 19.5 Å². The zero-order valence-corrected chi connectivity index (χ0v) is 16.5. The van der Waals surface area contributed by atoms with Crippen molar-refractivity contribution in [1.82, 2.24) is 9.55 Å². The molecule has 150 valence electrons. The fourth-order valence-corrected chi connectivity index (χ4v) is 2.84. The third-order valence-corrected chi connectivity index (χ3v) is 4.62. The van der Waals surface area contributed by atoms with Crippen LogP contribution in [0.5, 0.6) is 11.5 Å². The Bertz CT molecular complexity index is 1190. The normalized spacial score (nSPS) is 10.5. The standard InChI is InChI=1S/C21H21N3O5/c1-12-5-6-14(9-13(12)2)24-20(26)16(11-22-21(24)27)19(25)23-17-10-15(28-3)7-8-18(17)29-4/h5-11H,1-4H3,(H,22,27)(H,23,25). The number of aromatic amines is 1. The van der Waals surface area contributed by atoms with Gasteiger partial charge in [-0.15, -0.1) is 0 Å². The summed E-state index contributed by atoms with van der Waals surface area (Å²) in [6.07, 6.45) is 1.10. The molecule has 0 unspecified atom stereocenters. The summed E-state index contributed by atoms with van der Waals surface area (Å²) in [5, 5.41) is 2.63. The topological polar surface area (TPSA) is 102 Å². The molecule has 2 N–H and O–H groups in total. The average Bonchev–Trinajstić information content (AvgIpc) is 2.70. The molecule has 0 saturated carbocycles. The van der Waals surface area contributed by atoms with E-state index in [0.717, 1.165) is 21.9 Å². The fraction of sp³-hybridized carbons (Fsp3) is 0.190. The second kappa shape index (κ2) is 8.05. The molecule has 8 heteroatoms. The summed E-state index contributed by atoms with van der Waals surface area (Å²) in [5.74, 6) is 0.226. The predicted octanol–water partition coefficient (Wildman–Crippen LogP) is 2.41. The number of benzene rings is 2. The summed E-state index contributed by atoms with van der Waals surface area (Å²) in [4.78, 5) is 40.4. The lowest BCUT2D eigenvalue weighted by Crippen LogP contribution is -2.38. The van der Waals surface area contributed by atoms with Crippen molar-refractivity contribution < 1.29 is 14.3 Å². The SMILES string of the molecule is COc1ccc(OC)c(NC(=O)c2c[nH]c(=O)n(-c3ccc(C)c(C)c3)c2=O)c1. The third kappa shape index (κ3) is 3.91. The lowest BCUT2D eigenvalue weighted by molar-refractivity contribution is 0.102. The van der Waals surface area contributed by atoms with E-state index in [1.165, 1.54) is 14.2 Å². The Morgan fingerprint density at radius 2 is 1.76 bits per heavy atom. The van der Waals surface area contributed by atoms with Crippen LogP contribution in [-0.2, 0) is 0 Å². The minimum Gasteiger partial charge on any atom is -0.497 e. The van der Waals surface area contributed by atoms with Crippen LogP contribution in [0.3, 0.4) is 0 Å². The lowest BCUT2D eigenvalue weighted by Gasteiger charge is -2.12. The Kier molecular flexibility index (Phi) is 5.54. The maximum Gasteiger partial charge on any atom is 0.333 e. The van der Waals surface area contributed by atoms with Crippen LogP contribution in [0.15, 0.2) is 52.2 Å². The molecule has 0 aliphatic carbocycles. The molecule has 0 atom stereocenters. The van der Waals surface area contributed by atoms with Gasteiger partial charge in [0.25, 0.3) is 11.5 Å². The van der Waals surface area contributed by atoms with Crippen molar-refractivity contribution >= 4 is 11.6 Å². The summed E-state index contributed by atoms with van der Waals surface area (Å²) in [7, 11) is 2.96. The molecule has 0 aliphatic rings. The van der Waals surface area contributed by atoms with Gasteiger partial charge in [-0.1, -0.05) is 6.07 Å². The van der Waals surface area contributed by atoms with Gasteiger partial charge in [0.05, 0.1) is 25.6 Å². The van der Waals surface area contributed by atoms with Gasteiger partial charge in [0.2, 0.25) is 0 Å². The van der Waals surface area contributed by atoms with Gasteiger partial charge >= 0.3 is 5.69 Å². The number of amides is 1. The molecule has 2 aromatic carbocycles.